The van der Waals surface area contributed by atoms with Crippen LogP contribution >= 0.6 is 8.60 Å². The third kappa shape index (κ3) is 12.4. The Balaban J connectivity index is 1.92. The minimum atomic E-state index is -1.52. The van der Waals surface area contributed by atoms with Crippen LogP contribution in [0, 0.1) is 0 Å². The maximum absolute atomic E-state index is 6.23. The van der Waals surface area contributed by atoms with E-state index in [1.54, 1.807) is 0 Å². The highest BCUT2D eigenvalue weighted by Crippen LogP contribution is 2.48. The summed E-state index contributed by atoms with van der Waals surface area (Å²) in [6, 6.07) is 8.37. The Morgan fingerprint density at radius 1 is 1.03 bits per heavy atom. The Labute approximate surface area is 214 Å². The van der Waals surface area contributed by atoms with Crippen LogP contribution in [0.5, 0.6) is 5.75 Å². The van der Waals surface area contributed by atoms with E-state index < -0.39 is 14.1 Å². The van der Waals surface area contributed by atoms with Gasteiger partial charge in [0.25, 0.3) is 0 Å². The van der Waals surface area contributed by atoms with Crippen LogP contribution in [0.25, 0.3) is 0 Å². The van der Waals surface area contributed by atoms with Gasteiger partial charge in [0.1, 0.15) is 17.9 Å². The van der Waals surface area contributed by atoms with Crippen LogP contribution in [0.4, 0.5) is 0 Å². The molecular formula is C28H46NO5P. The van der Waals surface area contributed by atoms with Gasteiger partial charge in [0.05, 0.1) is 24.4 Å². The molecule has 0 bridgehead atoms. The zero-order valence-corrected chi connectivity index (χ0v) is 24.0. The number of rotatable bonds is 14. The van der Waals surface area contributed by atoms with Gasteiger partial charge in [-0.3, -0.25) is 0 Å². The number of aliphatic imine (C=N–C) groups is 1. The molecule has 0 amide bonds. The van der Waals surface area contributed by atoms with Gasteiger partial charge in [0.15, 0.2) is 5.90 Å². The number of aryl methyl sites for hydroxylation is 1. The van der Waals surface area contributed by atoms with Gasteiger partial charge in [-0.2, -0.15) is 0 Å². The number of benzene rings is 1. The average molecular weight is 508 g/mol. The molecule has 0 N–H and O–H groups in total. The Morgan fingerprint density at radius 3 is 2.23 bits per heavy atom. The smallest absolute Gasteiger partial charge is 0.333 e. The van der Waals surface area contributed by atoms with E-state index in [2.05, 4.69) is 43.3 Å². The van der Waals surface area contributed by atoms with Crippen molar-refractivity contribution in [2.24, 2.45) is 4.99 Å². The van der Waals surface area contributed by atoms with Crippen molar-refractivity contribution in [3.8, 4) is 5.75 Å². The fourth-order valence-corrected chi connectivity index (χ4v) is 4.84. The van der Waals surface area contributed by atoms with Crippen molar-refractivity contribution < 1.29 is 23.0 Å². The summed E-state index contributed by atoms with van der Waals surface area (Å²) in [5, 5.41) is 0. The Hall–Kier alpha value is -1.46. The molecule has 1 aromatic rings. The topological polar surface area (TPSA) is 58.5 Å². The molecule has 0 aliphatic carbocycles. The van der Waals surface area contributed by atoms with Gasteiger partial charge >= 0.3 is 8.60 Å². The molecule has 1 heterocycles. The van der Waals surface area contributed by atoms with Crippen LogP contribution in [0.1, 0.15) is 86.6 Å². The van der Waals surface area contributed by atoms with Crippen LogP contribution < -0.4 is 4.74 Å². The van der Waals surface area contributed by atoms with Gasteiger partial charge < -0.3 is 23.0 Å². The number of nitrogens with zero attached hydrogens (tertiary/aromatic N) is 1. The van der Waals surface area contributed by atoms with E-state index in [-0.39, 0.29) is 11.2 Å². The fourth-order valence-electron chi connectivity index (χ4n) is 3.45. The van der Waals surface area contributed by atoms with Crippen LogP contribution in [0.3, 0.4) is 0 Å². The summed E-state index contributed by atoms with van der Waals surface area (Å²) in [7, 11) is -1.52. The molecule has 7 heteroatoms. The SMILES string of the molecule is C/C=C\CCCCOc1ccc(CCC2(COP(OC(C)(C)C)OC(C)(C)C)COC(C)=N2)cc1. The number of allylic oxidation sites excluding steroid dienone is 2. The summed E-state index contributed by atoms with van der Waals surface area (Å²) in [6.45, 7) is 17.6. The molecule has 0 radical (unpaired) electrons. The highest BCUT2D eigenvalue weighted by atomic mass is 31.2. The minimum Gasteiger partial charge on any atom is -0.494 e. The first-order valence-electron chi connectivity index (χ1n) is 12.7. The molecule has 0 fully saturated rings. The second-order valence-electron chi connectivity index (χ2n) is 11.1. The third-order valence-corrected chi connectivity index (χ3v) is 6.89. The number of unbranched alkanes of at least 4 members (excludes halogenated alkanes) is 2. The molecule has 1 aromatic carbocycles. The monoisotopic (exact) mass is 507 g/mol. The van der Waals surface area contributed by atoms with Gasteiger partial charge in [-0.1, -0.05) is 24.3 Å². The van der Waals surface area contributed by atoms with Crippen LogP contribution in [0.15, 0.2) is 41.4 Å². The van der Waals surface area contributed by atoms with E-state index >= 15 is 0 Å². The molecule has 1 atom stereocenters. The quantitative estimate of drug-likeness (QED) is 0.146. The summed E-state index contributed by atoms with van der Waals surface area (Å²) in [6.07, 6.45) is 9.30. The van der Waals surface area contributed by atoms with E-state index in [1.165, 1.54) is 5.56 Å². The maximum atomic E-state index is 6.23. The average Bonchev–Trinajstić information content (AvgIpc) is 3.13. The Bertz CT molecular complexity index is 794. The lowest BCUT2D eigenvalue weighted by Gasteiger charge is -2.32. The summed E-state index contributed by atoms with van der Waals surface area (Å²) >= 11 is 0. The first-order valence-corrected chi connectivity index (χ1v) is 13.8. The highest BCUT2D eigenvalue weighted by molar-refractivity contribution is 7.41. The lowest BCUT2D eigenvalue weighted by molar-refractivity contribution is 0.0240. The van der Waals surface area contributed by atoms with Crippen molar-refractivity contribution in [2.75, 3.05) is 19.8 Å². The molecule has 6 nitrogen and oxygen atoms in total. The molecule has 198 valence electrons. The number of hydrogen-bond acceptors (Lipinski definition) is 6. The third-order valence-electron chi connectivity index (χ3n) is 5.15. The van der Waals surface area contributed by atoms with Crippen molar-refractivity contribution >= 4 is 14.5 Å². The zero-order chi connectivity index (χ0) is 26.0. The van der Waals surface area contributed by atoms with E-state index in [0.29, 0.717) is 19.1 Å². The summed E-state index contributed by atoms with van der Waals surface area (Å²) in [5.74, 6) is 1.62. The molecule has 2 rings (SSSR count). The molecule has 1 aliphatic heterocycles. The minimum absolute atomic E-state index is 0.369. The summed E-state index contributed by atoms with van der Waals surface area (Å²) in [5.41, 5.74) is 0.0520. The Morgan fingerprint density at radius 2 is 1.69 bits per heavy atom. The predicted molar refractivity (Wildman–Crippen MR) is 145 cm³/mol. The number of ether oxygens (including phenoxy) is 2. The predicted octanol–water partition coefficient (Wildman–Crippen LogP) is 7.81. The molecule has 0 spiro atoms. The maximum Gasteiger partial charge on any atom is 0.333 e. The molecule has 35 heavy (non-hydrogen) atoms. The van der Waals surface area contributed by atoms with Gasteiger partial charge in [0, 0.05) is 6.92 Å². The van der Waals surface area contributed by atoms with Crippen molar-refractivity contribution in [1.29, 1.82) is 0 Å². The second-order valence-corrected chi connectivity index (χ2v) is 12.2. The van der Waals surface area contributed by atoms with Gasteiger partial charge in [-0.05, 0) is 98.3 Å². The van der Waals surface area contributed by atoms with Crippen LogP contribution in [-0.4, -0.2) is 42.5 Å². The first kappa shape index (κ1) is 29.8. The second kappa shape index (κ2) is 13.7. The molecule has 0 saturated carbocycles. The van der Waals surface area contributed by atoms with E-state index in [4.69, 9.17) is 28.0 Å². The van der Waals surface area contributed by atoms with Crippen molar-refractivity contribution in [3.05, 3.63) is 42.0 Å². The molecule has 0 aromatic heterocycles. The van der Waals surface area contributed by atoms with Gasteiger partial charge in [0.2, 0.25) is 0 Å². The zero-order valence-electron chi connectivity index (χ0n) is 23.1. The van der Waals surface area contributed by atoms with E-state index in [1.807, 2.05) is 48.5 Å². The van der Waals surface area contributed by atoms with Gasteiger partial charge in [-0.25, -0.2) is 4.99 Å². The van der Waals surface area contributed by atoms with Gasteiger partial charge in [-0.15, -0.1) is 0 Å². The normalized spacial score (nSPS) is 18.8. The number of hydrogen-bond donors (Lipinski definition) is 0. The highest BCUT2D eigenvalue weighted by Gasteiger charge is 2.38. The Kier molecular flexibility index (Phi) is 11.7. The molecule has 0 saturated heterocycles. The van der Waals surface area contributed by atoms with E-state index in [9.17, 15) is 0 Å². The largest absolute Gasteiger partial charge is 0.494 e. The fraction of sp³-hybridized carbons (Fsp3) is 0.679. The van der Waals surface area contributed by atoms with Crippen molar-refractivity contribution in [3.63, 3.8) is 0 Å². The standard InChI is InChI=1S/C28H46NO5P/c1-9-10-11-12-13-20-30-25-16-14-24(15-17-25)18-19-28(21-31-23(2)29-28)22-32-35(33-26(3,4)5)34-27(6,7)8/h9-10,14-17H,11-13,18-22H2,1-8H3/b10-9-. The summed E-state index contributed by atoms with van der Waals surface area (Å²) < 4.78 is 30.1. The van der Waals surface area contributed by atoms with Crippen LogP contribution in [0.2, 0.25) is 0 Å². The van der Waals surface area contributed by atoms with E-state index in [0.717, 1.165) is 44.5 Å². The lowest BCUT2D eigenvalue weighted by atomic mass is 9.94. The van der Waals surface area contributed by atoms with Crippen LogP contribution in [-0.2, 0) is 24.7 Å². The first-order chi connectivity index (χ1) is 16.4. The lowest BCUT2D eigenvalue weighted by Crippen LogP contribution is -2.35. The molecular weight excluding hydrogens is 461 g/mol. The molecule has 1 aliphatic rings. The van der Waals surface area contributed by atoms with Crippen molar-refractivity contribution in [2.45, 2.75) is 104 Å². The van der Waals surface area contributed by atoms with Crippen molar-refractivity contribution in [1.82, 2.24) is 0 Å². The molecule has 1 unspecified atom stereocenters. The summed E-state index contributed by atoms with van der Waals surface area (Å²) in [4.78, 5) is 4.83.